The summed E-state index contributed by atoms with van der Waals surface area (Å²) in [5.41, 5.74) is 1.24. The van der Waals surface area contributed by atoms with E-state index >= 15 is 0 Å². The summed E-state index contributed by atoms with van der Waals surface area (Å²) in [6.07, 6.45) is 2.44. The van der Waals surface area contributed by atoms with E-state index in [1.165, 1.54) is 5.56 Å². The number of piperidine rings is 1. The monoisotopic (exact) mass is 304 g/mol. The molecule has 1 saturated heterocycles. The molecule has 4 nitrogen and oxygen atoms in total. The standard InChI is InChI=1S/C18H28N2O2/c1-3-17(21)18(22)20(16-10-12-19(2)13-11-16)14-9-15-7-5-4-6-8-15/h4-8,16-17,21H,3,9-14H2,1-2H3. The van der Waals surface area contributed by atoms with Crippen LogP contribution in [0.4, 0.5) is 0 Å². The quantitative estimate of drug-likeness (QED) is 0.873. The molecule has 1 atom stereocenters. The SMILES string of the molecule is CCC(O)C(=O)N(CCc1ccccc1)C1CCN(C)CC1. The van der Waals surface area contributed by atoms with Crippen LogP contribution in [-0.4, -0.2) is 59.6 Å². The number of nitrogens with zero attached hydrogens (tertiary/aromatic N) is 2. The van der Waals surface area contributed by atoms with Crippen molar-refractivity contribution in [3.63, 3.8) is 0 Å². The van der Waals surface area contributed by atoms with E-state index in [1.54, 1.807) is 0 Å². The summed E-state index contributed by atoms with van der Waals surface area (Å²) < 4.78 is 0. The van der Waals surface area contributed by atoms with Crippen molar-refractivity contribution in [2.75, 3.05) is 26.7 Å². The lowest BCUT2D eigenvalue weighted by atomic mass is 10.0. The Balaban J connectivity index is 2.02. The molecule has 22 heavy (non-hydrogen) atoms. The summed E-state index contributed by atoms with van der Waals surface area (Å²) in [6.45, 7) is 4.57. The van der Waals surface area contributed by atoms with Crippen molar-refractivity contribution in [2.24, 2.45) is 0 Å². The van der Waals surface area contributed by atoms with Gasteiger partial charge in [0.25, 0.3) is 5.91 Å². The molecule has 0 radical (unpaired) electrons. The molecule has 0 aromatic heterocycles. The molecule has 1 heterocycles. The summed E-state index contributed by atoms with van der Waals surface area (Å²) in [4.78, 5) is 16.8. The number of rotatable bonds is 6. The highest BCUT2D eigenvalue weighted by Crippen LogP contribution is 2.18. The normalized spacial score (nSPS) is 18.1. The van der Waals surface area contributed by atoms with Crippen LogP contribution in [0.2, 0.25) is 0 Å². The number of hydrogen-bond acceptors (Lipinski definition) is 3. The first-order valence-corrected chi connectivity index (χ1v) is 8.32. The van der Waals surface area contributed by atoms with E-state index in [9.17, 15) is 9.90 Å². The largest absolute Gasteiger partial charge is 0.383 e. The Kier molecular flexibility index (Phi) is 6.40. The fourth-order valence-corrected chi connectivity index (χ4v) is 3.04. The molecule has 1 aliphatic heterocycles. The minimum atomic E-state index is -0.865. The molecular weight excluding hydrogens is 276 g/mol. The minimum absolute atomic E-state index is 0.104. The Morgan fingerprint density at radius 1 is 1.32 bits per heavy atom. The van der Waals surface area contributed by atoms with Crippen LogP contribution in [0, 0.1) is 0 Å². The highest BCUT2D eigenvalue weighted by atomic mass is 16.3. The van der Waals surface area contributed by atoms with Crippen molar-refractivity contribution in [2.45, 2.75) is 44.8 Å². The molecule has 2 rings (SSSR count). The Morgan fingerprint density at radius 3 is 2.55 bits per heavy atom. The Hall–Kier alpha value is -1.39. The topological polar surface area (TPSA) is 43.8 Å². The fraction of sp³-hybridized carbons (Fsp3) is 0.611. The molecule has 1 fully saturated rings. The molecule has 1 aromatic rings. The van der Waals surface area contributed by atoms with Gasteiger partial charge in [0.2, 0.25) is 0 Å². The maximum Gasteiger partial charge on any atom is 0.251 e. The van der Waals surface area contributed by atoms with Gasteiger partial charge in [-0.3, -0.25) is 4.79 Å². The van der Waals surface area contributed by atoms with Crippen molar-refractivity contribution in [3.8, 4) is 0 Å². The van der Waals surface area contributed by atoms with E-state index in [1.807, 2.05) is 30.0 Å². The molecule has 1 aromatic carbocycles. The van der Waals surface area contributed by atoms with Gasteiger partial charge in [-0.1, -0.05) is 37.3 Å². The van der Waals surface area contributed by atoms with Crippen LogP contribution < -0.4 is 0 Å². The Morgan fingerprint density at radius 2 is 1.95 bits per heavy atom. The Bertz CT molecular complexity index is 455. The van der Waals surface area contributed by atoms with Gasteiger partial charge in [0.05, 0.1) is 0 Å². The van der Waals surface area contributed by atoms with E-state index in [2.05, 4.69) is 24.1 Å². The number of aliphatic hydroxyl groups excluding tert-OH is 1. The summed E-state index contributed by atoms with van der Waals surface area (Å²) in [7, 11) is 2.12. The molecule has 1 N–H and O–H groups in total. The fourth-order valence-electron chi connectivity index (χ4n) is 3.04. The van der Waals surface area contributed by atoms with Crippen molar-refractivity contribution in [1.29, 1.82) is 0 Å². The van der Waals surface area contributed by atoms with Crippen molar-refractivity contribution in [3.05, 3.63) is 35.9 Å². The lowest BCUT2D eigenvalue weighted by Gasteiger charge is -2.38. The van der Waals surface area contributed by atoms with Gasteiger partial charge in [-0.05, 0) is 51.4 Å². The number of carbonyl (C=O) groups excluding carboxylic acids is 1. The van der Waals surface area contributed by atoms with E-state index in [0.29, 0.717) is 13.0 Å². The molecule has 1 aliphatic rings. The average Bonchev–Trinajstić information content (AvgIpc) is 2.56. The average molecular weight is 304 g/mol. The van der Waals surface area contributed by atoms with Gasteiger partial charge in [-0.2, -0.15) is 0 Å². The highest BCUT2D eigenvalue weighted by Gasteiger charge is 2.29. The smallest absolute Gasteiger partial charge is 0.251 e. The van der Waals surface area contributed by atoms with Gasteiger partial charge < -0.3 is 14.9 Å². The minimum Gasteiger partial charge on any atom is -0.383 e. The van der Waals surface area contributed by atoms with Gasteiger partial charge in [0.15, 0.2) is 0 Å². The number of aliphatic hydroxyl groups is 1. The first-order chi connectivity index (χ1) is 10.6. The second-order valence-electron chi connectivity index (χ2n) is 6.23. The first-order valence-electron chi connectivity index (χ1n) is 8.32. The summed E-state index contributed by atoms with van der Waals surface area (Å²) in [6, 6.07) is 10.5. The molecular formula is C18H28N2O2. The Labute approximate surface area is 133 Å². The van der Waals surface area contributed by atoms with E-state index < -0.39 is 6.10 Å². The van der Waals surface area contributed by atoms with Gasteiger partial charge in [-0.25, -0.2) is 0 Å². The number of likely N-dealkylation sites (tertiary alicyclic amines) is 1. The zero-order chi connectivity index (χ0) is 15.9. The second kappa shape index (κ2) is 8.30. The van der Waals surface area contributed by atoms with Crippen molar-refractivity contribution >= 4 is 5.91 Å². The summed E-state index contributed by atoms with van der Waals surface area (Å²) in [5.74, 6) is -0.104. The maximum atomic E-state index is 12.5. The lowest BCUT2D eigenvalue weighted by molar-refractivity contribution is -0.143. The van der Waals surface area contributed by atoms with E-state index in [4.69, 9.17) is 0 Å². The van der Waals surface area contributed by atoms with Crippen LogP contribution in [-0.2, 0) is 11.2 Å². The van der Waals surface area contributed by atoms with Crippen molar-refractivity contribution < 1.29 is 9.90 Å². The molecule has 1 amide bonds. The molecule has 1 unspecified atom stereocenters. The highest BCUT2D eigenvalue weighted by molar-refractivity contribution is 5.81. The zero-order valence-corrected chi connectivity index (χ0v) is 13.7. The zero-order valence-electron chi connectivity index (χ0n) is 13.7. The second-order valence-corrected chi connectivity index (χ2v) is 6.23. The van der Waals surface area contributed by atoms with Crippen LogP contribution in [0.15, 0.2) is 30.3 Å². The molecule has 0 bridgehead atoms. The molecule has 4 heteroatoms. The van der Waals surface area contributed by atoms with Crippen molar-refractivity contribution in [1.82, 2.24) is 9.80 Å². The third-order valence-corrected chi connectivity index (χ3v) is 4.57. The molecule has 0 aliphatic carbocycles. The maximum absolute atomic E-state index is 12.5. The number of benzene rings is 1. The lowest BCUT2D eigenvalue weighted by Crippen LogP contribution is -2.50. The number of hydrogen-bond donors (Lipinski definition) is 1. The van der Waals surface area contributed by atoms with Gasteiger partial charge >= 0.3 is 0 Å². The van der Waals surface area contributed by atoms with Gasteiger partial charge in [0, 0.05) is 12.6 Å². The van der Waals surface area contributed by atoms with E-state index in [-0.39, 0.29) is 11.9 Å². The predicted octanol–water partition coefficient (Wildman–Crippen LogP) is 1.92. The number of carbonyl (C=O) groups is 1. The molecule has 122 valence electrons. The van der Waals surface area contributed by atoms with Gasteiger partial charge in [-0.15, -0.1) is 0 Å². The van der Waals surface area contributed by atoms with Crippen LogP contribution in [0.3, 0.4) is 0 Å². The predicted molar refractivity (Wildman–Crippen MR) is 88.7 cm³/mol. The first kappa shape index (κ1) is 17.0. The van der Waals surface area contributed by atoms with Crippen LogP contribution in [0.5, 0.6) is 0 Å². The molecule has 0 saturated carbocycles. The summed E-state index contributed by atoms with van der Waals surface area (Å²) in [5, 5.41) is 9.98. The van der Waals surface area contributed by atoms with Crippen LogP contribution in [0.25, 0.3) is 0 Å². The third kappa shape index (κ3) is 4.55. The van der Waals surface area contributed by atoms with Crippen LogP contribution >= 0.6 is 0 Å². The van der Waals surface area contributed by atoms with Gasteiger partial charge in [0.1, 0.15) is 6.10 Å². The number of amides is 1. The van der Waals surface area contributed by atoms with E-state index in [0.717, 1.165) is 32.4 Å². The summed E-state index contributed by atoms with van der Waals surface area (Å²) >= 11 is 0. The van der Waals surface area contributed by atoms with Crippen LogP contribution in [0.1, 0.15) is 31.7 Å². The molecule has 0 spiro atoms. The third-order valence-electron chi connectivity index (χ3n) is 4.57.